The smallest absolute Gasteiger partial charge is 0.0451 e. The van der Waals surface area contributed by atoms with Crippen molar-refractivity contribution in [1.29, 1.82) is 0 Å². The molecule has 2 fully saturated rings. The monoisotopic (exact) mass is 306 g/mol. The number of piperidine rings is 1. The standard InChI is InChI=1S/C18H27ClN2/c19-18-8-4-3-7-16(18)15-20-13-9-17(10-14-20)21-11-5-1-2-6-12-21/h3-4,7-8,17H,1-2,5-6,9-15H2. The van der Waals surface area contributed by atoms with Crippen molar-refractivity contribution >= 4 is 11.6 Å². The molecule has 0 aromatic heterocycles. The maximum atomic E-state index is 6.28. The molecule has 0 spiro atoms. The van der Waals surface area contributed by atoms with E-state index < -0.39 is 0 Å². The fourth-order valence-corrected chi connectivity index (χ4v) is 3.97. The van der Waals surface area contributed by atoms with Crippen molar-refractivity contribution in [2.75, 3.05) is 26.2 Å². The summed E-state index contributed by atoms with van der Waals surface area (Å²) in [6.07, 6.45) is 8.32. The quantitative estimate of drug-likeness (QED) is 0.826. The zero-order valence-electron chi connectivity index (χ0n) is 12.9. The minimum Gasteiger partial charge on any atom is -0.300 e. The molecule has 2 saturated heterocycles. The Hall–Kier alpha value is -0.570. The molecular formula is C18H27ClN2. The highest BCUT2D eigenvalue weighted by Crippen LogP contribution is 2.23. The number of benzene rings is 1. The number of hydrogen-bond donors (Lipinski definition) is 0. The summed E-state index contributed by atoms with van der Waals surface area (Å²) in [6.45, 7) is 6.09. The molecule has 3 rings (SSSR count). The van der Waals surface area contributed by atoms with Crippen molar-refractivity contribution in [2.24, 2.45) is 0 Å². The lowest BCUT2D eigenvalue weighted by Gasteiger charge is -2.38. The molecule has 3 heteroatoms. The highest BCUT2D eigenvalue weighted by molar-refractivity contribution is 6.31. The summed E-state index contributed by atoms with van der Waals surface area (Å²) in [5.41, 5.74) is 1.27. The van der Waals surface area contributed by atoms with Gasteiger partial charge in [-0.25, -0.2) is 0 Å². The first-order valence-corrected chi connectivity index (χ1v) is 8.90. The average molecular weight is 307 g/mol. The molecule has 0 unspecified atom stereocenters. The van der Waals surface area contributed by atoms with Crippen LogP contribution >= 0.6 is 11.6 Å². The molecular weight excluding hydrogens is 280 g/mol. The molecule has 0 atom stereocenters. The Morgan fingerprint density at radius 1 is 0.905 bits per heavy atom. The van der Waals surface area contributed by atoms with Crippen LogP contribution in [0.4, 0.5) is 0 Å². The summed E-state index contributed by atoms with van der Waals surface area (Å²) < 4.78 is 0. The highest BCUT2D eigenvalue weighted by Gasteiger charge is 2.25. The van der Waals surface area contributed by atoms with Crippen molar-refractivity contribution in [2.45, 2.75) is 51.1 Å². The first kappa shape index (κ1) is 15.3. The lowest BCUT2D eigenvalue weighted by Crippen LogP contribution is -2.45. The summed E-state index contributed by atoms with van der Waals surface area (Å²) in [4.78, 5) is 5.33. The Kier molecular flexibility index (Phi) is 5.56. The van der Waals surface area contributed by atoms with Gasteiger partial charge in [-0.05, 0) is 63.5 Å². The van der Waals surface area contributed by atoms with E-state index in [0.29, 0.717) is 0 Å². The number of nitrogens with zero attached hydrogens (tertiary/aromatic N) is 2. The van der Waals surface area contributed by atoms with Crippen LogP contribution in [0.15, 0.2) is 24.3 Å². The third kappa shape index (κ3) is 4.21. The van der Waals surface area contributed by atoms with E-state index >= 15 is 0 Å². The van der Waals surface area contributed by atoms with Crippen LogP contribution in [-0.4, -0.2) is 42.0 Å². The first-order valence-electron chi connectivity index (χ1n) is 8.53. The minimum atomic E-state index is 0.825. The summed E-state index contributed by atoms with van der Waals surface area (Å²) in [7, 11) is 0. The van der Waals surface area contributed by atoms with Gasteiger partial charge in [0.15, 0.2) is 0 Å². The van der Waals surface area contributed by atoms with E-state index in [1.54, 1.807) is 0 Å². The van der Waals surface area contributed by atoms with Crippen LogP contribution in [0.2, 0.25) is 5.02 Å². The van der Waals surface area contributed by atoms with Crippen LogP contribution in [0.1, 0.15) is 44.1 Å². The van der Waals surface area contributed by atoms with Crippen molar-refractivity contribution in [3.8, 4) is 0 Å². The van der Waals surface area contributed by atoms with E-state index in [4.69, 9.17) is 11.6 Å². The van der Waals surface area contributed by atoms with Crippen molar-refractivity contribution in [3.63, 3.8) is 0 Å². The van der Waals surface area contributed by atoms with Gasteiger partial charge in [-0.1, -0.05) is 42.6 Å². The number of hydrogen-bond acceptors (Lipinski definition) is 2. The third-order valence-corrected chi connectivity index (χ3v) is 5.43. The number of halogens is 1. The first-order chi connectivity index (χ1) is 10.3. The van der Waals surface area contributed by atoms with Crippen LogP contribution in [0.3, 0.4) is 0 Å². The molecule has 2 aliphatic rings. The number of rotatable bonds is 3. The van der Waals surface area contributed by atoms with E-state index in [-0.39, 0.29) is 0 Å². The molecule has 0 radical (unpaired) electrons. The topological polar surface area (TPSA) is 6.48 Å². The summed E-state index contributed by atoms with van der Waals surface area (Å²) in [5.74, 6) is 0. The Morgan fingerprint density at radius 2 is 1.57 bits per heavy atom. The molecule has 0 saturated carbocycles. The highest BCUT2D eigenvalue weighted by atomic mass is 35.5. The van der Waals surface area contributed by atoms with Gasteiger partial charge in [0.1, 0.15) is 0 Å². The van der Waals surface area contributed by atoms with E-state index in [1.807, 2.05) is 12.1 Å². The molecule has 0 aliphatic carbocycles. The largest absolute Gasteiger partial charge is 0.300 e. The normalized spacial score (nSPS) is 23.1. The third-order valence-electron chi connectivity index (χ3n) is 5.07. The van der Waals surface area contributed by atoms with E-state index in [0.717, 1.165) is 17.6 Å². The van der Waals surface area contributed by atoms with Gasteiger partial charge in [-0.3, -0.25) is 4.90 Å². The second kappa shape index (κ2) is 7.62. The van der Waals surface area contributed by atoms with Crippen LogP contribution < -0.4 is 0 Å². The molecule has 21 heavy (non-hydrogen) atoms. The van der Waals surface area contributed by atoms with E-state index in [2.05, 4.69) is 21.9 Å². The maximum Gasteiger partial charge on any atom is 0.0451 e. The van der Waals surface area contributed by atoms with E-state index in [1.165, 1.54) is 70.3 Å². The number of likely N-dealkylation sites (tertiary alicyclic amines) is 2. The van der Waals surface area contributed by atoms with Crippen LogP contribution in [0.25, 0.3) is 0 Å². The lowest BCUT2D eigenvalue weighted by atomic mass is 10.0. The maximum absolute atomic E-state index is 6.28. The zero-order valence-corrected chi connectivity index (χ0v) is 13.7. The Morgan fingerprint density at radius 3 is 2.24 bits per heavy atom. The van der Waals surface area contributed by atoms with Crippen LogP contribution in [-0.2, 0) is 6.54 Å². The van der Waals surface area contributed by atoms with Gasteiger partial charge in [-0.2, -0.15) is 0 Å². The van der Waals surface area contributed by atoms with Gasteiger partial charge >= 0.3 is 0 Å². The molecule has 0 N–H and O–H groups in total. The van der Waals surface area contributed by atoms with Gasteiger partial charge in [0.2, 0.25) is 0 Å². The van der Waals surface area contributed by atoms with Gasteiger partial charge < -0.3 is 4.90 Å². The summed E-state index contributed by atoms with van der Waals surface area (Å²) >= 11 is 6.28. The second-order valence-corrected chi connectivity index (χ2v) is 6.96. The van der Waals surface area contributed by atoms with Crippen molar-refractivity contribution in [3.05, 3.63) is 34.9 Å². The van der Waals surface area contributed by atoms with E-state index in [9.17, 15) is 0 Å². The van der Waals surface area contributed by atoms with Crippen LogP contribution in [0, 0.1) is 0 Å². The van der Waals surface area contributed by atoms with Gasteiger partial charge in [0.25, 0.3) is 0 Å². The molecule has 1 aromatic rings. The predicted octanol–water partition coefficient (Wildman–Crippen LogP) is 4.18. The van der Waals surface area contributed by atoms with Crippen molar-refractivity contribution in [1.82, 2.24) is 9.80 Å². The molecule has 2 heterocycles. The van der Waals surface area contributed by atoms with Gasteiger partial charge in [0.05, 0.1) is 0 Å². The molecule has 116 valence electrons. The zero-order chi connectivity index (χ0) is 14.5. The fraction of sp³-hybridized carbons (Fsp3) is 0.667. The lowest BCUT2D eigenvalue weighted by molar-refractivity contribution is 0.107. The fourth-order valence-electron chi connectivity index (χ4n) is 3.77. The Balaban J connectivity index is 1.49. The SMILES string of the molecule is Clc1ccccc1CN1CCC(N2CCCCCC2)CC1. The molecule has 0 amide bonds. The molecule has 2 aliphatic heterocycles. The molecule has 0 bridgehead atoms. The van der Waals surface area contributed by atoms with Gasteiger partial charge in [-0.15, -0.1) is 0 Å². The van der Waals surface area contributed by atoms with Gasteiger partial charge in [0, 0.05) is 17.6 Å². The average Bonchev–Trinajstić information content (AvgIpc) is 2.80. The second-order valence-electron chi connectivity index (χ2n) is 6.55. The summed E-state index contributed by atoms with van der Waals surface area (Å²) in [6, 6.07) is 9.08. The van der Waals surface area contributed by atoms with Crippen LogP contribution in [0.5, 0.6) is 0 Å². The van der Waals surface area contributed by atoms with Crippen molar-refractivity contribution < 1.29 is 0 Å². The predicted molar refractivity (Wildman–Crippen MR) is 89.8 cm³/mol. The Labute approximate surface area is 134 Å². The molecule has 1 aromatic carbocycles. The molecule has 2 nitrogen and oxygen atoms in total. The summed E-state index contributed by atoms with van der Waals surface area (Å²) in [5, 5.41) is 0.909. The minimum absolute atomic E-state index is 0.825. The Bertz CT molecular complexity index is 433.